The van der Waals surface area contributed by atoms with E-state index in [-0.39, 0.29) is 17.6 Å². The molecule has 0 spiro atoms. The van der Waals surface area contributed by atoms with Crippen molar-refractivity contribution in [2.24, 2.45) is 0 Å². The lowest BCUT2D eigenvalue weighted by Crippen LogP contribution is -2.26. The number of hydrogen-bond donors (Lipinski definition) is 1. The summed E-state index contributed by atoms with van der Waals surface area (Å²) in [6.45, 7) is 2.05. The molecule has 1 aromatic rings. The van der Waals surface area contributed by atoms with E-state index in [2.05, 4.69) is 5.32 Å². The summed E-state index contributed by atoms with van der Waals surface area (Å²) in [5, 5.41) is 3.10. The number of carbonyl (C=O) groups excluding carboxylic acids is 1. The molecular formula is C11H12Cl2FNO. The van der Waals surface area contributed by atoms with E-state index in [1.54, 1.807) is 13.0 Å². The van der Waals surface area contributed by atoms with Gasteiger partial charge in [0.1, 0.15) is 11.7 Å². The Balaban J connectivity index is 2.60. The molecule has 0 atom stereocenters. The lowest BCUT2D eigenvalue weighted by Gasteiger charge is -2.07. The van der Waals surface area contributed by atoms with Gasteiger partial charge in [0.2, 0.25) is 5.91 Å². The molecule has 0 radical (unpaired) electrons. The number of rotatable bonds is 4. The van der Waals surface area contributed by atoms with Gasteiger partial charge in [-0.3, -0.25) is 4.79 Å². The Kier molecular flexibility index (Phi) is 5.03. The maximum atomic E-state index is 13.2. The van der Waals surface area contributed by atoms with Crippen LogP contribution in [-0.2, 0) is 11.2 Å². The maximum absolute atomic E-state index is 13.2. The fourth-order valence-electron chi connectivity index (χ4n) is 1.26. The van der Waals surface area contributed by atoms with Gasteiger partial charge in [-0.15, -0.1) is 11.6 Å². The summed E-state index contributed by atoms with van der Waals surface area (Å²) < 4.78 is 13.2. The topological polar surface area (TPSA) is 29.1 Å². The molecule has 5 heteroatoms. The van der Waals surface area contributed by atoms with Crippen molar-refractivity contribution in [2.45, 2.75) is 13.3 Å². The smallest absolute Gasteiger partial charge is 0.234 e. The van der Waals surface area contributed by atoms with Gasteiger partial charge in [0.25, 0.3) is 0 Å². The van der Waals surface area contributed by atoms with Crippen LogP contribution in [0.5, 0.6) is 0 Å². The molecule has 2 nitrogen and oxygen atoms in total. The zero-order chi connectivity index (χ0) is 12.1. The van der Waals surface area contributed by atoms with Crippen molar-refractivity contribution in [1.29, 1.82) is 0 Å². The summed E-state index contributed by atoms with van der Waals surface area (Å²) in [5.74, 6) is -0.607. The van der Waals surface area contributed by atoms with E-state index >= 15 is 0 Å². The van der Waals surface area contributed by atoms with Crippen molar-refractivity contribution in [3.8, 4) is 0 Å². The van der Waals surface area contributed by atoms with Crippen LogP contribution in [0.2, 0.25) is 5.02 Å². The fraction of sp³-hybridized carbons (Fsp3) is 0.364. The average Bonchev–Trinajstić information content (AvgIpc) is 2.25. The van der Waals surface area contributed by atoms with Gasteiger partial charge in [-0.25, -0.2) is 4.39 Å². The SMILES string of the molecule is Cc1cc(Cl)c(CCNC(=O)CCl)cc1F. The van der Waals surface area contributed by atoms with Crippen LogP contribution in [0.3, 0.4) is 0 Å². The minimum absolute atomic E-state index is 0.0734. The zero-order valence-corrected chi connectivity index (χ0v) is 10.3. The van der Waals surface area contributed by atoms with E-state index in [4.69, 9.17) is 23.2 Å². The molecule has 0 saturated carbocycles. The van der Waals surface area contributed by atoms with Gasteiger partial charge in [0, 0.05) is 11.6 Å². The van der Waals surface area contributed by atoms with Crippen molar-refractivity contribution >= 4 is 29.1 Å². The van der Waals surface area contributed by atoms with E-state index in [9.17, 15) is 9.18 Å². The van der Waals surface area contributed by atoms with Crippen LogP contribution in [-0.4, -0.2) is 18.3 Å². The Morgan fingerprint density at radius 3 is 2.81 bits per heavy atom. The van der Waals surface area contributed by atoms with E-state index in [0.29, 0.717) is 29.1 Å². The molecule has 0 aliphatic heterocycles. The summed E-state index contributed by atoms with van der Waals surface area (Å²) in [6, 6.07) is 2.97. The second kappa shape index (κ2) is 6.06. The van der Waals surface area contributed by atoms with Crippen molar-refractivity contribution in [1.82, 2.24) is 5.32 Å². The molecule has 0 unspecified atom stereocenters. The molecule has 0 aliphatic rings. The van der Waals surface area contributed by atoms with E-state index < -0.39 is 0 Å². The zero-order valence-electron chi connectivity index (χ0n) is 8.82. The molecular weight excluding hydrogens is 252 g/mol. The molecule has 16 heavy (non-hydrogen) atoms. The molecule has 0 fully saturated rings. The Labute approximate surface area is 104 Å². The highest BCUT2D eigenvalue weighted by Crippen LogP contribution is 2.20. The molecule has 1 amide bonds. The largest absolute Gasteiger partial charge is 0.355 e. The van der Waals surface area contributed by atoms with Crippen LogP contribution in [0.4, 0.5) is 4.39 Å². The standard InChI is InChI=1S/C11H12Cl2FNO/c1-7-4-9(13)8(5-10(7)14)2-3-15-11(16)6-12/h4-5H,2-3,6H2,1H3,(H,15,16). The van der Waals surface area contributed by atoms with E-state index in [1.807, 2.05) is 0 Å². The third-order valence-electron chi connectivity index (χ3n) is 2.17. The van der Waals surface area contributed by atoms with Crippen LogP contribution in [0.25, 0.3) is 0 Å². The monoisotopic (exact) mass is 263 g/mol. The van der Waals surface area contributed by atoms with Crippen molar-refractivity contribution in [2.75, 3.05) is 12.4 Å². The highest BCUT2D eigenvalue weighted by atomic mass is 35.5. The van der Waals surface area contributed by atoms with Crippen LogP contribution < -0.4 is 5.32 Å². The van der Waals surface area contributed by atoms with E-state index in [0.717, 1.165) is 0 Å². The van der Waals surface area contributed by atoms with Gasteiger partial charge in [0.15, 0.2) is 0 Å². The summed E-state index contributed by atoms with van der Waals surface area (Å²) in [7, 11) is 0. The van der Waals surface area contributed by atoms with Crippen LogP contribution in [0.15, 0.2) is 12.1 Å². The molecule has 0 saturated heterocycles. The van der Waals surface area contributed by atoms with Gasteiger partial charge in [-0.05, 0) is 36.6 Å². The number of carbonyl (C=O) groups is 1. The normalized spacial score (nSPS) is 10.2. The Morgan fingerprint density at radius 2 is 2.19 bits per heavy atom. The van der Waals surface area contributed by atoms with Gasteiger partial charge >= 0.3 is 0 Å². The van der Waals surface area contributed by atoms with Crippen LogP contribution in [0.1, 0.15) is 11.1 Å². The summed E-state index contributed by atoms with van der Waals surface area (Å²) in [6.07, 6.45) is 0.485. The number of halogens is 3. The molecule has 0 aromatic heterocycles. The van der Waals surface area contributed by atoms with Gasteiger partial charge in [-0.2, -0.15) is 0 Å². The third-order valence-corrected chi connectivity index (χ3v) is 2.76. The van der Waals surface area contributed by atoms with Gasteiger partial charge < -0.3 is 5.32 Å². The maximum Gasteiger partial charge on any atom is 0.234 e. The van der Waals surface area contributed by atoms with Crippen molar-refractivity contribution < 1.29 is 9.18 Å². The molecule has 88 valence electrons. The fourth-order valence-corrected chi connectivity index (χ4v) is 1.67. The highest BCUT2D eigenvalue weighted by Gasteiger charge is 2.06. The molecule has 0 bridgehead atoms. The number of amides is 1. The minimum atomic E-state index is -0.289. The first-order valence-corrected chi connectivity index (χ1v) is 5.73. The molecule has 1 aromatic carbocycles. The lowest BCUT2D eigenvalue weighted by molar-refractivity contribution is -0.118. The minimum Gasteiger partial charge on any atom is -0.355 e. The number of benzene rings is 1. The lowest BCUT2D eigenvalue weighted by atomic mass is 10.1. The summed E-state index contributed by atoms with van der Waals surface area (Å²) >= 11 is 11.3. The van der Waals surface area contributed by atoms with Crippen molar-refractivity contribution in [3.05, 3.63) is 34.1 Å². The van der Waals surface area contributed by atoms with Crippen LogP contribution in [0, 0.1) is 12.7 Å². The third kappa shape index (κ3) is 3.65. The first-order chi connectivity index (χ1) is 7.54. The number of hydrogen-bond acceptors (Lipinski definition) is 1. The number of aryl methyl sites for hydroxylation is 1. The Morgan fingerprint density at radius 1 is 1.50 bits per heavy atom. The van der Waals surface area contributed by atoms with Gasteiger partial charge in [-0.1, -0.05) is 11.6 Å². The Hall–Kier alpha value is -0.800. The van der Waals surface area contributed by atoms with E-state index in [1.165, 1.54) is 6.07 Å². The predicted octanol–water partition coefficient (Wildman–Crippen LogP) is 2.69. The number of nitrogens with one attached hydrogen (secondary N) is 1. The second-order valence-electron chi connectivity index (χ2n) is 3.43. The highest BCUT2D eigenvalue weighted by molar-refractivity contribution is 6.31. The quantitative estimate of drug-likeness (QED) is 0.832. The van der Waals surface area contributed by atoms with Crippen LogP contribution >= 0.6 is 23.2 Å². The molecule has 0 heterocycles. The number of alkyl halides is 1. The molecule has 0 aliphatic carbocycles. The van der Waals surface area contributed by atoms with Gasteiger partial charge in [0.05, 0.1) is 0 Å². The summed E-state index contributed by atoms with van der Waals surface area (Å²) in [4.78, 5) is 10.9. The first-order valence-electron chi connectivity index (χ1n) is 4.81. The average molecular weight is 264 g/mol. The second-order valence-corrected chi connectivity index (χ2v) is 4.10. The molecule has 1 N–H and O–H groups in total. The molecule has 1 rings (SSSR count). The summed E-state index contributed by atoms with van der Waals surface area (Å²) in [5.41, 5.74) is 1.19. The predicted molar refractivity (Wildman–Crippen MR) is 63.6 cm³/mol. The Bertz CT molecular complexity index is 396. The first kappa shape index (κ1) is 13.3. The van der Waals surface area contributed by atoms with Crippen molar-refractivity contribution in [3.63, 3.8) is 0 Å².